The molecular weight excluding hydrogens is 511 g/mol. The number of aliphatic hydroxyl groups excluding tert-OH is 1. The van der Waals surface area contributed by atoms with Crippen LogP contribution in [0.2, 0.25) is 0 Å². The van der Waals surface area contributed by atoms with Gasteiger partial charge in [-0.2, -0.15) is 0 Å². The minimum absolute atomic E-state index is 0.0494. The van der Waals surface area contributed by atoms with E-state index in [0.717, 1.165) is 35.0 Å². The summed E-state index contributed by atoms with van der Waals surface area (Å²) >= 11 is 1.18. The number of anilines is 1. The molecule has 2 aromatic heterocycles. The fraction of sp³-hybridized carbons (Fsp3) is 0.480. The monoisotopic (exact) mass is 546 g/mol. The maximum Gasteiger partial charge on any atom is 0.256 e. The third kappa shape index (κ3) is 7.48. The Kier molecular flexibility index (Phi) is 9.89. The van der Waals surface area contributed by atoms with Crippen LogP contribution in [0.5, 0.6) is 0 Å². The lowest BCUT2D eigenvalue weighted by Gasteiger charge is -2.22. The van der Waals surface area contributed by atoms with Gasteiger partial charge in [0.2, 0.25) is 0 Å². The van der Waals surface area contributed by atoms with E-state index < -0.39 is 13.9 Å². The van der Waals surface area contributed by atoms with E-state index in [1.807, 2.05) is 36.5 Å². The van der Waals surface area contributed by atoms with Gasteiger partial charge in [-0.15, -0.1) is 0 Å². The molecule has 0 spiro atoms. The Labute approximate surface area is 222 Å². The molecule has 1 aliphatic heterocycles. The summed E-state index contributed by atoms with van der Waals surface area (Å²) < 4.78 is 12.2. The summed E-state index contributed by atoms with van der Waals surface area (Å²) in [5.41, 5.74) is 9.04. The van der Waals surface area contributed by atoms with E-state index in [9.17, 15) is 9.90 Å². The van der Waals surface area contributed by atoms with Gasteiger partial charge in [-0.25, -0.2) is 15.1 Å². The minimum atomic E-state index is -1.36. The number of aliphatic hydroxyl groups is 1. The minimum Gasteiger partial charge on any atom is -0.395 e. The zero-order valence-corrected chi connectivity index (χ0v) is 22.9. The number of hydrogen-bond donors (Lipinski definition) is 5. The first kappa shape index (κ1) is 27.9. The Morgan fingerprint density at radius 2 is 2.08 bits per heavy atom. The number of fused-ring (bicyclic) bond motifs is 1. The first-order valence-electron chi connectivity index (χ1n) is 12.3. The van der Waals surface area contributed by atoms with Crippen LogP contribution in [0.1, 0.15) is 43.9 Å². The van der Waals surface area contributed by atoms with Crippen molar-refractivity contribution < 1.29 is 18.9 Å². The van der Waals surface area contributed by atoms with E-state index in [4.69, 9.17) is 14.8 Å². The maximum atomic E-state index is 12.3. The summed E-state index contributed by atoms with van der Waals surface area (Å²) in [6, 6.07) is 10.4. The number of aromatic amines is 1. The standard InChI is InChI=1S/C25H35N6O4PS/c1-25(2,15-32)24(33)37-11-10-34-36(30-12-17-6-4-3-5-7-17)35-14-18-8-9-20(31-18)19-13-27-22-21(19)28-16-29-23(22)26/h3-7,13,16,18,20,27,30-32H,8-12,14-15H2,1-2H3,(H2,26,28,29). The number of hydrogen-bond acceptors (Lipinski definition) is 10. The van der Waals surface area contributed by atoms with Gasteiger partial charge in [-0.3, -0.25) is 4.79 Å². The molecular formula is C25H35N6O4PS. The number of nitrogen functional groups attached to an aromatic ring is 1. The Hall–Kier alpha value is -2.11. The van der Waals surface area contributed by atoms with Gasteiger partial charge in [-0.05, 0) is 32.3 Å². The predicted molar refractivity (Wildman–Crippen MR) is 148 cm³/mol. The molecule has 37 heavy (non-hydrogen) atoms. The predicted octanol–water partition coefficient (Wildman–Crippen LogP) is 3.66. The zero-order valence-electron chi connectivity index (χ0n) is 21.1. The third-order valence-corrected chi connectivity index (χ3v) is 8.66. The highest BCUT2D eigenvalue weighted by molar-refractivity contribution is 8.13. The SMILES string of the molecule is CC(C)(CO)C(=O)SCCOP(NCc1ccccc1)OCC1CCC(c2c[nH]c3c(N)ncnc23)N1. The van der Waals surface area contributed by atoms with Gasteiger partial charge in [0, 0.05) is 36.1 Å². The van der Waals surface area contributed by atoms with E-state index in [1.165, 1.54) is 18.1 Å². The zero-order chi connectivity index (χ0) is 26.3. The third-order valence-electron chi connectivity index (χ3n) is 6.26. The number of aromatic nitrogens is 3. The molecule has 0 bridgehead atoms. The van der Waals surface area contributed by atoms with Crippen LogP contribution in [0.15, 0.2) is 42.9 Å². The van der Waals surface area contributed by atoms with Gasteiger partial charge in [0.15, 0.2) is 10.9 Å². The summed E-state index contributed by atoms with van der Waals surface area (Å²) in [7, 11) is -1.36. The van der Waals surface area contributed by atoms with E-state index in [-0.39, 0.29) is 23.8 Å². The second-order valence-corrected chi connectivity index (χ2v) is 12.0. The highest BCUT2D eigenvalue weighted by Crippen LogP contribution is 2.37. The molecule has 3 aromatic rings. The van der Waals surface area contributed by atoms with Crippen molar-refractivity contribution >= 4 is 42.3 Å². The number of nitrogens with two attached hydrogens (primary N) is 1. The van der Waals surface area contributed by atoms with E-state index in [2.05, 4.69) is 25.4 Å². The highest BCUT2D eigenvalue weighted by atomic mass is 32.2. The van der Waals surface area contributed by atoms with Crippen molar-refractivity contribution in [2.75, 3.05) is 31.3 Å². The van der Waals surface area contributed by atoms with Crippen LogP contribution in [-0.4, -0.2) is 56.8 Å². The number of carbonyl (C=O) groups is 1. The van der Waals surface area contributed by atoms with Gasteiger partial charge in [0.05, 0.1) is 30.8 Å². The summed E-state index contributed by atoms with van der Waals surface area (Å²) in [4.78, 5) is 23.9. The average molecular weight is 547 g/mol. The summed E-state index contributed by atoms with van der Waals surface area (Å²) in [5, 5.41) is 16.4. The van der Waals surface area contributed by atoms with Crippen molar-refractivity contribution in [3.8, 4) is 0 Å². The molecule has 12 heteroatoms. The Morgan fingerprint density at radius 1 is 1.27 bits per heavy atom. The van der Waals surface area contributed by atoms with Crippen LogP contribution in [0, 0.1) is 5.41 Å². The van der Waals surface area contributed by atoms with Crippen molar-refractivity contribution in [1.82, 2.24) is 25.4 Å². The van der Waals surface area contributed by atoms with Crippen molar-refractivity contribution in [2.45, 2.75) is 45.3 Å². The van der Waals surface area contributed by atoms with Crippen LogP contribution in [0.3, 0.4) is 0 Å². The number of carbonyl (C=O) groups excluding carboxylic acids is 1. The number of rotatable bonds is 13. The molecule has 4 rings (SSSR count). The van der Waals surface area contributed by atoms with Crippen molar-refractivity contribution in [2.24, 2.45) is 5.41 Å². The molecule has 1 aromatic carbocycles. The molecule has 0 aliphatic carbocycles. The molecule has 1 aliphatic rings. The van der Waals surface area contributed by atoms with Crippen molar-refractivity contribution in [3.63, 3.8) is 0 Å². The second-order valence-electron chi connectivity index (χ2n) is 9.60. The fourth-order valence-electron chi connectivity index (χ4n) is 3.99. The van der Waals surface area contributed by atoms with E-state index in [0.29, 0.717) is 31.3 Å². The van der Waals surface area contributed by atoms with E-state index >= 15 is 0 Å². The van der Waals surface area contributed by atoms with Crippen molar-refractivity contribution in [1.29, 1.82) is 0 Å². The van der Waals surface area contributed by atoms with E-state index in [1.54, 1.807) is 13.8 Å². The molecule has 6 N–H and O–H groups in total. The topological polar surface area (TPSA) is 147 Å². The van der Waals surface area contributed by atoms with Crippen LogP contribution in [-0.2, 0) is 20.4 Å². The molecule has 200 valence electrons. The van der Waals surface area contributed by atoms with Gasteiger partial charge in [0.25, 0.3) is 8.53 Å². The van der Waals surface area contributed by atoms with Crippen LogP contribution in [0.25, 0.3) is 11.0 Å². The normalized spacial score (nSPS) is 18.9. The molecule has 0 amide bonds. The second kappa shape index (κ2) is 13.1. The maximum absolute atomic E-state index is 12.3. The van der Waals surface area contributed by atoms with Crippen LogP contribution >= 0.6 is 20.3 Å². The first-order chi connectivity index (χ1) is 17.9. The summed E-state index contributed by atoms with van der Waals surface area (Å²) in [6.07, 6.45) is 5.36. The number of nitrogens with one attached hydrogen (secondary N) is 3. The molecule has 3 heterocycles. The average Bonchev–Trinajstić information content (AvgIpc) is 3.56. The molecule has 1 fully saturated rings. The molecule has 10 nitrogen and oxygen atoms in total. The number of nitrogens with zero attached hydrogens (tertiary/aromatic N) is 2. The molecule has 0 saturated carbocycles. The lowest BCUT2D eigenvalue weighted by Crippen LogP contribution is -2.29. The number of H-pyrrole nitrogens is 1. The molecule has 3 unspecified atom stereocenters. The van der Waals surface area contributed by atoms with Gasteiger partial charge >= 0.3 is 0 Å². The molecule has 0 radical (unpaired) electrons. The highest BCUT2D eigenvalue weighted by Gasteiger charge is 2.29. The van der Waals surface area contributed by atoms with Gasteiger partial charge in [-0.1, -0.05) is 42.1 Å². The van der Waals surface area contributed by atoms with Gasteiger partial charge in [0.1, 0.15) is 11.8 Å². The molecule has 1 saturated heterocycles. The Bertz CT molecular complexity index is 1160. The lowest BCUT2D eigenvalue weighted by molar-refractivity contribution is -0.119. The summed E-state index contributed by atoms with van der Waals surface area (Å²) in [6.45, 7) is 4.77. The number of benzene rings is 1. The quantitative estimate of drug-likeness (QED) is 0.159. The van der Waals surface area contributed by atoms with Crippen LogP contribution < -0.4 is 16.1 Å². The summed E-state index contributed by atoms with van der Waals surface area (Å²) in [5.74, 6) is 0.938. The Morgan fingerprint density at radius 3 is 2.86 bits per heavy atom. The molecule has 3 atom stereocenters. The fourth-order valence-corrected chi connectivity index (χ4v) is 6.06. The Balaban J connectivity index is 1.29. The van der Waals surface area contributed by atoms with Crippen molar-refractivity contribution in [3.05, 3.63) is 54.0 Å². The largest absolute Gasteiger partial charge is 0.395 e. The van der Waals surface area contributed by atoms with Gasteiger partial charge < -0.3 is 30.2 Å². The lowest BCUT2D eigenvalue weighted by atomic mass is 9.97. The number of thioether (sulfide) groups is 1. The first-order valence-corrected chi connectivity index (χ1v) is 14.5. The smallest absolute Gasteiger partial charge is 0.256 e. The van der Waals surface area contributed by atoms with Crippen LogP contribution in [0.4, 0.5) is 5.82 Å².